The minimum atomic E-state index is -1.12. The Balaban J connectivity index is 1.95. The van der Waals surface area contributed by atoms with Gasteiger partial charge in [-0.05, 0) is 25.3 Å². The van der Waals surface area contributed by atoms with E-state index in [0.29, 0.717) is 19.4 Å². The van der Waals surface area contributed by atoms with E-state index in [1.807, 2.05) is 18.2 Å². The number of carboxylic acids is 1. The number of ether oxygens (including phenoxy) is 1. The third-order valence-corrected chi connectivity index (χ3v) is 4.47. The van der Waals surface area contributed by atoms with Gasteiger partial charge in [0.1, 0.15) is 12.1 Å². The Morgan fingerprint density at radius 2 is 2.00 bits per heavy atom. The molecule has 4 unspecified atom stereocenters. The van der Waals surface area contributed by atoms with E-state index >= 15 is 0 Å². The quantitative estimate of drug-likeness (QED) is 0.195. The first-order chi connectivity index (χ1) is 13.8. The highest BCUT2D eigenvalue weighted by atomic mass is 16.5. The molecule has 0 aliphatic carbocycles. The van der Waals surface area contributed by atoms with Gasteiger partial charge in [0.2, 0.25) is 11.8 Å². The Morgan fingerprint density at radius 1 is 1.31 bits per heavy atom. The normalized spacial score (nSPS) is 20.1. The van der Waals surface area contributed by atoms with Crippen molar-refractivity contribution >= 4 is 23.7 Å². The lowest BCUT2D eigenvalue weighted by Gasteiger charge is -2.18. The number of nitrogens with one attached hydrogen (secondary N) is 1. The number of aliphatic imine (C=N–C) groups is 2. The summed E-state index contributed by atoms with van der Waals surface area (Å²) in [4.78, 5) is 32.4. The molecule has 1 heterocycles. The molecule has 4 atom stereocenters. The molecule has 10 nitrogen and oxygen atoms in total. The molecule has 158 valence electrons. The Bertz CT molecular complexity index is 763. The Kier molecular flexibility index (Phi) is 7.96. The first-order valence-corrected chi connectivity index (χ1v) is 9.40. The molecule has 0 spiro atoms. The van der Waals surface area contributed by atoms with Crippen LogP contribution in [0.2, 0.25) is 0 Å². The van der Waals surface area contributed by atoms with Crippen molar-refractivity contribution in [1.29, 1.82) is 0 Å². The van der Waals surface area contributed by atoms with Crippen molar-refractivity contribution in [2.75, 3.05) is 6.54 Å². The van der Waals surface area contributed by atoms with Crippen molar-refractivity contribution < 1.29 is 19.4 Å². The zero-order valence-corrected chi connectivity index (χ0v) is 16.3. The zero-order chi connectivity index (χ0) is 21.4. The van der Waals surface area contributed by atoms with Crippen molar-refractivity contribution in [3.63, 3.8) is 0 Å². The van der Waals surface area contributed by atoms with Crippen molar-refractivity contribution in [2.45, 2.75) is 50.4 Å². The second-order valence-corrected chi connectivity index (χ2v) is 6.88. The number of hydrogen-bond donors (Lipinski definition) is 5. The minimum absolute atomic E-state index is 0.0156. The highest BCUT2D eigenvalue weighted by Gasteiger charge is 2.36. The largest absolute Gasteiger partial charge is 0.480 e. The van der Waals surface area contributed by atoms with Gasteiger partial charge in [-0.15, -0.1) is 0 Å². The summed E-state index contributed by atoms with van der Waals surface area (Å²) in [6.45, 7) is 2.13. The summed E-state index contributed by atoms with van der Waals surface area (Å²) >= 11 is 0. The zero-order valence-electron chi connectivity index (χ0n) is 16.3. The van der Waals surface area contributed by atoms with Crippen LogP contribution in [0.1, 0.15) is 25.3 Å². The number of amides is 1. The molecular formula is C19H28N6O4. The van der Waals surface area contributed by atoms with Crippen LogP contribution in [-0.4, -0.2) is 59.6 Å². The topological polar surface area (TPSA) is 178 Å². The standard InChI is InChI=1S/C19H28N6O4/c1-11-15(25-17(29-11)13(20)8-5-9-23-19(21)22)16(26)24-14(18(27)28)10-12-6-3-2-4-7-12/h2-4,6-7,11,13-15H,5,8-10,20H2,1H3,(H,24,26)(H,27,28)(H4,21,22,23). The number of rotatable bonds is 10. The fraction of sp³-hybridized carbons (Fsp3) is 0.474. The molecule has 1 aliphatic rings. The summed E-state index contributed by atoms with van der Waals surface area (Å²) in [5.41, 5.74) is 17.4. The van der Waals surface area contributed by atoms with E-state index in [1.165, 1.54) is 0 Å². The molecule has 1 amide bonds. The Hall–Kier alpha value is -3.14. The fourth-order valence-corrected chi connectivity index (χ4v) is 2.93. The minimum Gasteiger partial charge on any atom is -0.480 e. The number of aliphatic carboxylic acids is 1. The highest BCUT2D eigenvalue weighted by molar-refractivity contribution is 5.93. The van der Waals surface area contributed by atoms with Crippen molar-refractivity contribution in [2.24, 2.45) is 27.2 Å². The van der Waals surface area contributed by atoms with Crippen molar-refractivity contribution in [3.8, 4) is 0 Å². The molecule has 0 fully saturated rings. The van der Waals surface area contributed by atoms with Gasteiger partial charge in [0, 0.05) is 13.0 Å². The van der Waals surface area contributed by atoms with Crippen LogP contribution >= 0.6 is 0 Å². The van der Waals surface area contributed by atoms with Gasteiger partial charge in [-0.2, -0.15) is 0 Å². The average Bonchev–Trinajstić information content (AvgIpc) is 3.07. The summed E-state index contributed by atoms with van der Waals surface area (Å²) in [7, 11) is 0. The molecule has 0 bridgehead atoms. The van der Waals surface area contributed by atoms with E-state index < -0.39 is 36.1 Å². The molecule has 10 heteroatoms. The number of nitrogens with zero attached hydrogens (tertiary/aromatic N) is 2. The fourth-order valence-electron chi connectivity index (χ4n) is 2.93. The second-order valence-electron chi connectivity index (χ2n) is 6.88. The maximum atomic E-state index is 12.6. The van der Waals surface area contributed by atoms with E-state index in [4.69, 9.17) is 21.9 Å². The molecule has 29 heavy (non-hydrogen) atoms. The molecule has 0 saturated heterocycles. The average molecular weight is 404 g/mol. The van der Waals surface area contributed by atoms with E-state index in [-0.39, 0.29) is 18.3 Å². The molecule has 0 radical (unpaired) electrons. The summed E-state index contributed by atoms with van der Waals surface area (Å²) in [6, 6.07) is 6.66. The van der Waals surface area contributed by atoms with E-state index in [9.17, 15) is 14.7 Å². The first-order valence-electron chi connectivity index (χ1n) is 9.40. The molecule has 0 saturated carbocycles. The van der Waals surface area contributed by atoms with Gasteiger partial charge in [-0.3, -0.25) is 9.79 Å². The van der Waals surface area contributed by atoms with Crippen molar-refractivity contribution in [1.82, 2.24) is 5.32 Å². The third kappa shape index (κ3) is 6.75. The number of benzene rings is 1. The van der Waals surface area contributed by atoms with Gasteiger partial charge in [0.25, 0.3) is 0 Å². The molecular weight excluding hydrogens is 376 g/mol. The van der Waals surface area contributed by atoms with Crippen LogP contribution in [-0.2, 0) is 20.7 Å². The van der Waals surface area contributed by atoms with Crippen LogP contribution in [0.3, 0.4) is 0 Å². The van der Waals surface area contributed by atoms with Crippen LogP contribution in [0.5, 0.6) is 0 Å². The number of nitrogens with two attached hydrogens (primary N) is 3. The van der Waals surface area contributed by atoms with Gasteiger partial charge >= 0.3 is 5.97 Å². The summed E-state index contributed by atoms with van der Waals surface area (Å²) < 4.78 is 5.63. The number of carbonyl (C=O) groups is 2. The summed E-state index contributed by atoms with van der Waals surface area (Å²) in [5.74, 6) is -1.34. The summed E-state index contributed by atoms with van der Waals surface area (Å²) in [6.07, 6.45) is 0.790. The molecule has 1 aliphatic heterocycles. The predicted molar refractivity (Wildman–Crippen MR) is 109 cm³/mol. The Morgan fingerprint density at radius 3 is 2.62 bits per heavy atom. The van der Waals surface area contributed by atoms with Gasteiger partial charge in [-0.25, -0.2) is 9.79 Å². The third-order valence-electron chi connectivity index (χ3n) is 4.47. The number of hydrogen-bond acceptors (Lipinski definition) is 6. The molecule has 2 rings (SSSR count). The van der Waals surface area contributed by atoms with E-state index in [0.717, 1.165) is 5.56 Å². The number of carboxylic acid groups (broad SMARTS) is 1. The molecule has 8 N–H and O–H groups in total. The maximum absolute atomic E-state index is 12.6. The maximum Gasteiger partial charge on any atom is 0.326 e. The lowest BCUT2D eigenvalue weighted by molar-refractivity contribution is -0.142. The van der Waals surface area contributed by atoms with Crippen LogP contribution < -0.4 is 22.5 Å². The van der Waals surface area contributed by atoms with E-state index in [2.05, 4.69) is 15.3 Å². The van der Waals surface area contributed by atoms with Crippen LogP contribution in [0.4, 0.5) is 0 Å². The predicted octanol–water partition coefficient (Wildman–Crippen LogP) is -0.635. The van der Waals surface area contributed by atoms with Gasteiger partial charge in [-0.1, -0.05) is 30.3 Å². The molecule has 1 aromatic carbocycles. The monoisotopic (exact) mass is 404 g/mol. The van der Waals surface area contributed by atoms with Gasteiger partial charge < -0.3 is 32.4 Å². The number of carbonyl (C=O) groups excluding carboxylic acids is 1. The second kappa shape index (κ2) is 10.4. The molecule has 0 aromatic heterocycles. The Labute approximate surface area is 169 Å². The lowest BCUT2D eigenvalue weighted by atomic mass is 10.1. The summed E-state index contributed by atoms with van der Waals surface area (Å²) in [5, 5.41) is 12.0. The number of guanidine groups is 1. The molecule has 1 aromatic rings. The first kappa shape index (κ1) is 22.2. The highest BCUT2D eigenvalue weighted by Crippen LogP contribution is 2.17. The lowest BCUT2D eigenvalue weighted by Crippen LogP contribution is -2.48. The van der Waals surface area contributed by atoms with Crippen LogP contribution in [0, 0.1) is 0 Å². The SMILES string of the molecule is CC1OC(C(N)CCCN=C(N)N)=NC1C(=O)NC(Cc1ccccc1)C(=O)O. The van der Waals surface area contributed by atoms with Gasteiger partial charge in [0.15, 0.2) is 12.0 Å². The van der Waals surface area contributed by atoms with Crippen molar-refractivity contribution in [3.05, 3.63) is 35.9 Å². The van der Waals surface area contributed by atoms with Crippen LogP contribution in [0.25, 0.3) is 0 Å². The smallest absolute Gasteiger partial charge is 0.326 e. The van der Waals surface area contributed by atoms with E-state index in [1.54, 1.807) is 19.1 Å². The van der Waals surface area contributed by atoms with Crippen LogP contribution in [0.15, 0.2) is 40.3 Å². The van der Waals surface area contributed by atoms with Gasteiger partial charge in [0.05, 0.1) is 6.04 Å².